The zero-order valence-electron chi connectivity index (χ0n) is 21.5. The van der Waals surface area contributed by atoms with Crippen molar-refractivity contribution in [1.82, 2.24) is 0 Å². The van der Waals surface area contributed by atoms with Crippen molar-refractivity contribution >= 4 is 5.78 Å². The second kappa shape index (κ2) is 15.9. The molecule has 0 atom stereocenters. The summed E-state index contributed by atoms with van der Waals surface area (Å²) >= 11 is 0. The molecule has 0 aromatic heterocycles. The van der Waals surface area contributed by atoms with Gasteiger partial charge in [0.2, 0.25) is 0 Å². The summed E-state index contributed by atoms with van der Waals surface area (Å²) in [4.78, 5) is 15.3. The van der Waals surface area contributed by atoms with E-state index in [9.17, 15) is 4.79 Å². The Bertz CT molecular complexity index is 826. The molecule has 1 N–H and O–H groups in total. The molecule has 33 heavy (non-hydrogen) atoms. The van der Waals surface area contributed by atoms with Gasteiger partial charge in [-0.1, -0.05) is 26.3 Å². The minimum absolute atomic E-state index is 0.103. The maximum Gasteiger partial charge on any atom is 0.162 e. The number of ether oxygens (including phenoxy) is 4. The molecule has 2 rings (SSSR count). The largest absolute Gasteiger partial charge is 0.493 e. The molecule has 0 heterocycles. The first-order valence-corrected chi connectivity index (χ1v) is 10.9. The summed E-state index contributed by atoms with van der Waals surface area (Å²) in [7, 11) is 6.43. The number of carbonyl (C=O) groups excluding carboxylic acids is 1. The fourth-order valence-electron chi connectivity index (χ4n) is 2.54. The quantitative estimate of drug-likeness (QED) is 0.282. The molecular weight excluding hydrogens is 424 g/mol. The van der Waals surface area contributed by atoms with Gasteiger partial charge in [0, 0.05) is 12.0 Å². The first-order chi connectivity index (χ1) is 15.6. The molecule has 2 aromatic carbocycles. The van der Waals surface area contributed by atoms with Crippen molar-refractivity contribution in [2.75, 3.05) is 28.4 Å². The van der Waals surface area contributed by atoms with Gasteiger partial charge in [0.25, 0.3) is 0 Å². The Hall–Kier alpha value is -2.77. The molecule has 0 saturated heterocycles. The van der Waals surface area contributed by atoms with Crippen molar-refractivity contribution < 1.29 is 33.9 Å². The SMILES string of the molecule is CC(C)(C)OO.CCC(=O)c1ccc(OC)c(OC)c1.CCCc1ccc(OC)c(OC)c1. The highest BCUT2D eigenvalue weighted by Crippen LogP contribution is 2.28. The van der Waals surface area contributed by atoms with Crippen molar-refractivity contribution in [2.45, 2.75) is 59.5 Å². The van der Waals surface area contributed by atoms with Crippen LogP contribution in [0.25, 0.3) is 0 Å². The van der Waals surface area contributed by atoms with E-state index >= 15 is 0 Å². The van der Waals surface area contributed by atoms with Gasteiger partial charge in [0.15, 0.2) is 28.8 Å². The van der Waals surface area contributed by atoms with Crippen molar-refractivity contribution in [3.05, 3.63) is 47.5 Å². The summed E-state index contributed by atoms with van der Waals surface area (Å²) in [5, 5.41) is 7.90. The zero-order chi connectivity index (χ0) is 25.4. The molecule has 0 aliphatic carbocycles. The maximum atomic E-state index is 11.4. The van der Waals surface area contributed by atoms with Gasteiger partial charge in [-0.2, -0.15) is 0 Å². The summed E-state index contributed by atoms with van der Waals surface area (Å²) in [6.07, 6.45) is 2.73. The van der Waals surface area contributed by atoms with Crippen LogP contribution in [0.4, 0.5) is 0 Å². The Balaban J connectivity index is 0.000000503. The Morgan fingerprint density at radius 1 is 0.788 bits per heavy atom. The van der Waals surface area contributed by atoms with E-state index in [0.29, 0.717) is 23.5 Å². The minimum Gasteiger partial charge on any atom is -0.493 e. The molecule has 0 radical (unpaired) electrons. The number of benzene rings is 2. The molecule has 2 aromatic rings. The molecule has 0 saturated carbocycles. The van der Waals surface area contributed by atoms with Gasteiger partial charge in [0.05, 0.1) is 34.0 Å². The molecular formula is C26H40O7. The molecule has 0 amide bonds. The van der Waals surface area contributed by atoms with Gasteiger partial charge in [0.1, 0.15) is 0 Å². The number of Topliss-reactive ketones (excluding diaryl/α,β-unsaturated/α-hetero) is 1. The van der Waals surface area contributed by atoms with E-state index in [1.165, 1.54) is 5.56 Å². The molecule has 0 fully saturated rings. The third-order valence-corrected chi connectivity index (χ3v) is 4.29. The third kappa shape index (κ3) is 11.6. The van der Waals surface area contributed by atoms with E-state index in [4.69, 9.17) is 24.2 Å². The van der Waals surface area contributed by atoms with Crippen LogP contribution in [-0.4, -0.2) is 45.1 Å². The molecule has 0 aliphatic heterocycles. The van der Waals surface area contributed by atoms with Crippen LogP contribution in [0, 0.1) is 0 Å². The number of hydrogen-bond donors (Lipinski definition) is 1. The van der Waals surface area contributed by atoms with Gasteiger partial charge in [-0.05, 0) is 63.1 Å². The average molecular weight is 465 g/mol. The monoisotopic (exact) mass is 464 g/mol. The Labute approximate surface area is 198 Å². The van der Waals surface area contributed by atoms with Crippen LogP contribution in [0.5, 0.6) is 23.0 Å². The second-order valence-corrected chi connectivity index (χ2v) is 7.99. The van der Waals surface area contributed by atoms with Gasteiger partial charge in [-0.25, -0.2) is 4.89 Å². The van der Waals surface area contributed by atoms with E-state index < -0.39 is 5.60 Å². The van der Waals surface area contributed by atoms with Gasteiger partial charge in [-0.3, -0.25) is 10.1 Å². The van der Waals surface area contributed by atoms with Gasteiger partial charge >= 0.3 is 0 Å². The van der Waals surface area contributed by atoms with Crippen molar-refractivity contribution in [3.8, 4) is 23.0 Å². The van der Waals surface area contributed by atoms with Crippen LogP contribution >= 0.6 is 0 Å². The van der Waals surface area contributed by atoms with Crippen LogP contribution in [0.3, 0.4) is 0 Å². The minimum atomic E-state index is -0.403. The lowest BCUT2D eigenvalue weighted by atomic mass is 10.1. The predicted octanol–water partition coefficient (Wildman–Crippen LogP) is 6.23. The molecule has 186 valence electrons. The topological polar surface area (TPSA) is 83.5 Å². The Kier molecular flexibility index (Phi) is 14.6. The summed E-state index contributed by atoms with van der Waals surface area (Å²) < 4.78 is 20.5. The maximum absolute atomic E-state index is 11.4. The van der Waals surface area contributed by atoms with Gasteiger partial charge < -0.3 is 18.9 Å². The highest BCUT2D eigenvalue weighted by molar-refractivity contribution is 5.96. The van der Waals surface area contributed by atoms with Crippen molar-refractivity contribution in [2.24, 2.45) is 0 Å². The first kappa shape index (κ1) is 30.2. The fraction of sp³-hybridized carbons (Fsp3) is 0.500. The number of methoxy groups -OCH3 is 4. The summed E-state index contributed by atoms with van der Waals surface area (Å²) in [6.45, 7) is 9.31. The third-order valence-electron chi connectivity index (χ3n) is 4.29. The van der Waals surface area contributed by atoms with Crippen molar-refractivity contribution in [1.29, 1.82) is 0 Å². The summed E-state index contributed by atoms with van der Waals surface area (Å²) in [6, 6.07) is 11.2. The predicted molar refractivity (Wildman–Crippen MR) is 131 cm³/mol. The molecule has 0 aliphatic rings. The summed E-state index contributed by atoms with van der Waals surface area (Å²) in [5.41, 5.74) is 1.55. The summed E-state index contributed by atoms with van der Waals surface area (Å²) in [5.74, 6) is 2.94. The number of rotatable bonds is 8. The number of carbonyl (C=O) groups is 1. The van der Waals surface area contributed by atoms with Crippen LogP contribution < -0.4 is 18.9 Å². The Morgan fingerprint density at radius 3 is 1.64 bits per heavy atom. The van der Waals surface area contributed by atoms with Gasteiger partial charge in [-0.15, -0.1) is 0 Å². The zero-order valence-corrected chi connectivity index (χ0v) is 21.5. The highest BCUT2D eigenvalue weighted by Gasteiger charge is 2.09. The van der Waals surface area contributed by atoms with Crippen LogP contribution in [0.2, 0.25) is 0 Å². The first-order valence-electron chi connectivity index (χ1n) is 10.9. The Morgan fingerprint density at radius 2 is 1.24 bits per heavy atom. The number of ketones is 1. The van der Waals surface area contributed by atoms with Crippen LogP contribution in [-0.2, 0) is 11.3 Å². The van der Waals surface area contributed by atoms with Crippen LogP contribution in [0.1, 0.15) is 63.4 Å². The van der Waals surface area contributed by atoms with E-state index in [2.05, 4.69) is 17.9 Å². The average Bonchev–Trinajstić information content (AvgIpc) is 2.83. The van der Waals surface area contributed by atoms with E-state index in [1.807, 2.05) is 19.1 Å². The molecule has 7 heteroatoms. The highest BCUT2D eigenvalue weighted by atomic mass is 17.1. The second-order valence-electron chi connectivity index (χ2n) is 7.99. The van der Waals surface area contributed by atoms with Crippen LogP contribution in [0.15, 0.2) is 36.4 Å². The molecule has 0 unspecified atom stereocenters. The molecule has 7 nitrogen and oxygen atoms in total. The lowest BCUT2D eigenvalue weighted by molar-refractivity contribution is -0.306. The normalized spacial score (nSPS) is 10.1. The fourth-order valence-corrected chi connectivity index (χ4v) is 2.54. The van der Waals surface area contributed by atoms with Crippen molar-refractivity contribution in [3.63, 3.8) is 0 Å². The molecule has 0 bridgehead atoms. The number of hydrogen-bond acceptors (Lipinski definition) is 7. The van der Waals surface area contributed by atoms with E-state index in [1.54, 1.807) is 67.4 Å². The lowest BCUT2D eigenvalue weighted by Crippen LogP contribution is -2.15. The van der Waals surface area contributed by atoms with E-state index in [0.717, 1.165) is 24.3 Å². The smallest absolute Gasteiger partial charge is 0.162 e. The molecule has 0 spiro atoms. The standard InChI is InChI=1S/C11H14O3.C11H16O2.C4H10O2/c1-4-9(12)8-5-6-10(13-2)11(7-8)14-3;1-4-5-9-6-7-10(12-2)11(8-9)13-3;1-4(2,3)6-5/h5-7H,4H2,1-3H3;6-8H,4-5H2,1-3H3;5H,1-3H3. The van der Waals surface area contributed by atoms with E-state index in [-0.39, 0.29) is 5.78 Å². The lowest BCUT2D eigenvalue weighted by Gasteiger charge is -2.10. The number of aryl methyl sites for hydroxylation is 1.